The minimum absolute atomic E-state index is 0.631. The highest BCUT2D eigenvalue weighted by atomic mass is 14.3. The van der Waals surface area contributed by atoms with Crippen LogP contribution in [0.3, 0.4) is 0 Å². The summed E-state index contributed by atoms with van der Waals surface area (Å²) in [6.45, 7) is 9.58. The molecule has 1 aliphatic carbocycles. The molecule has 0 heterocycles. The molecule has 0 heteroatoms. The lowest BCUT2D eigenvalue weighted by Gasteiger charge is -2.37. The molecule has 0 nitrogen and oxygen atoms in total. The minimum Gasteiger partial charge on any atom is -0.0623 e. The van der Waals surface area contributed by atoms with E-state index in [-0.39, 0.29) is 0 Å². The Morgan fingerprint density at radius 3 is 2.10 bits per heavy atom. The third-order valence-electron chi connectivity index (χ3n) is 3.12. The van der Waals surface area contributed by atoms with Crippen molar-refractivity contribution in [2.75, 3.05) is 0 Å². The Bertz CT molecular complexity index is 113. The molecule has 1 aliphatic rings. The summed E-state index contributed by atoms with van der Waals surface area (Å²) < 4.78 is 0. The van der Waals surface area contributed by atoms with Gasteiger partial charge in [0.2, 0.25) is 0 Å². The van der Waals surface area contributed by atoms with Crippen molar-refractivity contribution in [1.29, 1.82) is 0 Å². The second-order valence-corrected chi connectivity index (χ2v) is 4.86. The predicted octanol–water partition coefficient (Wildman–Crippen LogP) is 3.47. The van der Waals surface area contributed by atoms with Crippen LogP contribution in [0.5, 0.6) is 0 Å². The largest absolute Gasteiger partial charge is 0.0623 e. The summed E-state index contributed by atoms with van der Waals surface area (Å²) in [5.41, 5.74) is 0.631. The Balaban J connectivity index is 2.49. The molecular weight excluding hydrogens is 120 g/mol. The predicted molar refractivity (Wildman–Crippen MR) is 46.0 cm³/mol. The molecule has 0 radical (unpaired) electrons. The molecule has 0 N–H and O–H groups in total. The molecule has 1 unspecified atom stereocenters. The van der Waals surface area contributed by atoms with Gasteiger partial charge in [-0.05, 0) is 36.5 Å². The van der Waals surface area contributed by atoms with E-state index in [2.05, 4.69) is 27.7 Å². The summed E-state index contributed by atoms with van der Waals surface area (Å²) in [7, 11) is 0. The van der Waals surface area contributed by atoms with Gasteiger partial charge in [-0.1, -0.05) is 27.7 Å². The van der Waals surface area contributed by atoms with Gasteiger partial charge in [-0.3, -0.25) is 0 Å². The zero-order chi connectivity index (χ0) is 7.78. The van der Waals surface area contributed by atoms with Gasteiger partial charge in [-0.25, -0.2) is 0 Å². The summed E-state index contributed by atoms with van der Waals surface area (Å²) >= 11 is 0. The topological polar surface area (TPSA) is 0 Å². The maximum atomic E-state index is 2.40. The smallest absolute Gasteiger partial charge is 0.0351 e. The molecule has 2 atom stereocenters. The zero-order valence-corrected chi connectivity index (χ0v) is 7.78. The fraction of sp³-hybridized carbons (Fsp3) is 1.00. The molecular formula is C10H20. The van der Waals surface area contributed by atoms with E-state index in [1.807, 2.05) is 0 Å². The fourth-order valence-electron chi connectivity index (χ4n) is 2.08. The van der Waals surface area contributed by atoms with Gasteiger partial charge in [0.05, 0.1) is 0 Å². The second-order valence-electron chi connectivity index (χ2n) is 4.86. The average Bonchev–Trinajstić information content (AvgIpc) is 1.79. The third-order valence-corrected chi connectivity index (χ3v) is 3.12. The highest BCUT2D eigenvalue weighted by molar-refractivity contribution is 4.80. The molecule has 0 aromatic carbocycles. The molecule has 0 spiro atoms. The molecule has 0 saturated heterocycles. The number of rotatable bonds is 0. The lowest BCUT2D eigenvalue weighted by Crippen LogP contribution is -2.26. The quantitative estimate of drug-likeness (QED) is 0.483. The van der Waals surface area contributed by atoms with Crippen molar-refractivity contribution in [2.24, 2.45) is 17.3 Å². The van der Waals surface area contributed by atoms with Gasteiger partial charge in [-0.2, -0.15) is 0 Å². The van der Waals surface area contributed by atoms with Gasteiger partial charge >= 0.3 is 0 Å². The maximum Gasteiger partial charge on any atom is -0.0351 e. The van der Waals surface area contributed by atoms with E-state index in [1.54, 1.807) is 0 Å². The fourth-order valence-corrected chi connectivity index (χ4v) is 2.08. The van der Waals surface area contributed by atoms with Gasteiger partial charge in [0.25, 0.3) is 0 Å². The standard InChI is InChI=1S/C10H20/c1-8-5-6-10(3,4)7-9(8)2/h8-9H,5-7H2,1-4H3/t8-,9?/m1/s1. The van der Waals surface area contributed by atoms with Crippen molar-refractivity contribution >= 4 is 0 Å². The van der Waals surface area contributed by atoms with Crippen molar-refractivity contribution in [2.45, 2.75) is 47.0 Å². The highest BCUT2D eigenvalue weighted by Crippen LogP contribution is 2.41. The molecule has 0 aliphatic heterocycles. The third kappa shape index (κ3) is 1.74. The molecule has 0 aromatic heterocycles. The van der Waals surface area contributed by atoms with E-state index < -0.39 is 0 Å². The van der Waals surface area contributed by atoms with E-state index in [0.29, 0.717) is 5.41 Å². The summed E-state index contributed by atoms with van der Waals surface area (Å²) in [6.07, 6.45) is 4.29. The first kappa shape index (κ1) is 8.10. The summed E-state index contributed by atoms with van der Waals surface area (Å²) in [4.78, 5) is 0. The van der Waals surface area contributed by atoms with Crippen LogP contribution in [0, 0.1) is 17.3 Å². The number of hydrogen-bond acceptors (Lipinski definition) is 0. The maximum absolute atomic E-state index is 2.40. The molecule has 0 bridgehead atoms. The lowest BCUT2D eigenvalue weighted by molar-refractivity contribution is 0.139. The summed E-state index contributed by atoms with van der Waals surface area (Å²) in [5.74, 6) is 1.91. The Kier molecular flexibility index (Phi) is 2.07. The minimum atomic E-state index is 0.631. The van der Waals surface area contributed by atoms with E-state index >= 15 is 0 Å². The Labute approximate surface area is 65.0 Å². The van der Waals surface area contributed by atoms with Crippen LogP contribution in [0.4, 0.5) is 0 Å². The van der Waals surface area contributed by atoms with Crippen LogP contribution in [-0.2, 0) is 0 Å². The molecule has 0 amide bonds. The van der Waals surface area contributed by atoms with Crippen molar-refractivity contribution < 1.29 is 0 Å². The van der Waals surface area contributed by atoms with Crippen molar-refractivity contribution in [3.8, 4) is 0 Å². The zero-order valence-electron chi connectivity index (χ0n) is 7.78. The van der Waals surface area contributed by atoms with E-state index in [9.17, 15) is 0 Å². The first-order valence-corrected chi connectivity index (χ1v) is 4.51. The van der Waals surface area contributed by atoms with Crippen molar-refractivity contribution in [3.05, 3.63) is 0 Å². The Morgan fingerprint density at radius 2 is 1.70 bits per heavy atom. The monoisotopic (exact) mass is 140 g/mol. The second kappa shape index (κ2) is 2.56. The first-order chi connectivity index (χ1) is 4.51. The Morgan fingerprint density at radius 1 is 1.10 bits per heavy atom. The van der Waals surface area contributed by atoms with Crippen LogP contribution in [0.2, 0.25) is 0 Å². The van der Waals surface area contributed by atoms with Crippen molar-refractivity contribution in [3.63, 3.8) is 0 Å². The van der Waals surface area contributed by atoms with Crippen LogP contribution in [0.15, 0.2) is 0 Å². The summed E-state index contributed by atoms with van der Waals surface area (Å²) in [6, 6.07) is 0. The van der Waals surface area contributed by atoms with Crippen LogP contribution in [-0.4, -0.2) is 0 Å². The van der Waals surface area contributed by atoms with Crippen LogP contribution in [0.1, 0.15) is 47.0 Å². The van der Waals surface area contributed by atoms with E-state index in [4.69, 9.17) is 0 Å². The lowest BCUT2D eigenvalue weighted by atomic mass is 9.68. The molecule has 1 rings (SSSR count). The van der Waals surface area contributed by atoms with E-state index in [1.165, 1.54) is 19.3 Å². The van der Waals surface area contributed by atoms with Gasteiger partial charge in [-0.15, -0.1) is 0 Å². The van der Waals surface area contributed by atoms with Crippen LogP contribution < -0.4 is 0 Å². The average molecular weight is 140 g/mol. The highest BCUT2D eigenvalue weighted by Gasteiger charge is 2.29. The SMILES string of the molecule is CC1CC(C)(C)CC[C@H]1C. The van der Waals surface area contributed by atoms with Crippen LogP contribution >= 0.6 is 0 Å². The van der Waals surface area contributed by atoms with Gasteiger partial charge in [0.15, 0.2) is 0 Å². The molecule has 0 aromatic rings. The number of hydrogen-bond donors (Lipinski definition) is 0. The molecule has 1 saturated carbocycles. The summed E-state index contributed by atoms with van der Waals surface area (Å²) in [5, 5.41) is 0. The Hall–Kier alpha value is 0. The molecule has 60 valence electrons. The normalized spacial score (nSPS) is 39.6. The van der Waals surface area contributed by atoms with Crippen LogP contribution in [0.25, 0.3) is 0 Å². The first-order valence-electron chi connectivity index (χ1n) is 4.51. The molecule has 10 heavy (non-hydrogen) atoms. The van der Waals surface area contributed by atoms with Crippen molar-refractivity contribution in [1.82, 2.24) is 0 Å². The van der Waals surface area contributed by atoms with E-state index in [0.717, 1.165) is 11.8 Å². The van der Waals surface area contributed by atoms with Gasteiger partial charge in [0, 0.05) is 0 Å². The van der Waals surface area contributed by atoms with Gasteiger partial charge < -0.3 is 0 Å². The molecule has 1 fully saturated rings. The van der Waals surface area contributed by atoms with Gasteiger partial charge in [0.1, 0.15) is 0 Å².